The van der Waals surface area contributed by atoms with Crippen molar-refractivity contribution in [1.82, 2.24) is 9.29 Å². The number of ether oxygens (including phenoxy) is 1. The highest BCUT2D eigenvalue weighted by Crippen LogP contribution is 2.26. The molecule has 4 rings (SSSR count). The maximum absolute atomic E-state index is 13.7. The summed E-state index contributed by atoms with van der Waals surface area (Å²) in [7, 11) is -6.74. The molecular weight excluding hydrogens is 507 g/mol. The van der Waals surface area contributed by atoms with Crippen LogP contribution in [0, 0.1) is 5.82 Å². The van der Waals surface area contributed by atoms with Gasteiger partial charge in [-0.3, -0.25) is 4.98 Å². The van der Waals surface area contributed by atoms with E-state index in [-0.39, 0.29) is 35.2 Å². The van der Waals surface area contributed by atoms with Crippen molar-refractivity contribution in [2.24, 2.45) is 0 Å². The van der Waals surface area contributed by atoms with Gasteiger partial charge in [-0.25, -0.2) is 12.8 Å². The highest BCUT2D eigenvalue weighted by atomic mass is 32.2. The van der Waals surface area contributed by atoms with Gasteiger partial charge in [0.05, 0.1) is 12.1 Å². The number of para-hydroxylation sites is 1. The SMILES string of the molecule is COCCN(Cc1cccc(OS(=O)(=O)c2ccc(F)cc2)c1)S(=O)(=O)c1cccc2cccnc12. The Bertz CT molecular complexity index is 1570. The molecule has 4 aromatic rings. The van der Waals surface area contributed by atoms with Gasteiger partial charge in [-0.2, -0.15) is 12.7 Å². The molecule has 8 nitrogen and oxygen atoms in total. The summed E-state index contributed by atoms with van der Waals surface area (Å²) in [5, 5.41) is 0.687. The van der Waals surface area contributed by atoms with Crippen molar-refractivity contribution in [1.29, 1.82) is 0 Å². The molecule has 36 heavy (non-hydrogen) atoms. The summed E-state index contributed by atoms with van der Waals surface area (Å²) in [5.74, 6) is -0.581. The molecule has 11 heteroatoms. The third kappa shape index (κ3) is 5.71. The second-order valence-electron chi connectivity index (χ2n) is 7.80. The Hall–Kier alpha value is -3.38. The van der Waals surface area contributed by atoms with Crippen molar-refractivity contribution in [3.8, 4) is 5.75 Å². The van der Waals surface area contributed by atoms with E-state index in [0.717, 1.165) is 24.3 Å². The van der Waals surface area contributed by atoms with Crippen molar-refractivity contribution in [3.05, 3.63) is 96.4 Å². The molecule has 1 heterocycles. The molecule has 0 amide bonds. The number of hydrogen-bond donors (Lipinski definition) is 0. The van der Waals surface area contributed by atoms with Crippen LogP contribution in [0.15, 0.2) is 94.9 Å². The first-order valence-corrected chi connectivity index (χ1v) is 13.7. The van der Waals surface area contributed by atoms with E-state index < -0.39 is 26.0 Å². The maximum Gasteiger partial charge on any atom is 0.339 e. The van der Waals surface area contributed by atoms with Crippen molar-refractivity contribution in [2.45, 2.75) is 16.3 Å². The van der Waals surface area contributed by atoms with Crippen LogP contribution in [0.4, 0.5) is 4.39 Å². The molecular formula is C25H23FN2O6S2. The predicted octanol–water partition coefficient (Wildman–Crippen LogP) is 3.98. The zero-order valence-corrected chi connectivity index (χ0v) is 20.9. The molecule has 0 fully saturated rings. The fourth-order valence-corrected chi connectivity index (χ4v) is 6.08. The van der Waals surface area contributed by atoms with E-state index in [1.807, 2.05) is 0 Å². The summed E-state index contributed by atoms with van der Waals surface area (Å²) in [6.45, 7) is 0.135. The van der Waals surface area contributed by atoms with E-state index in [1.165, 1.54) is 35.8 Å². The van der Waals surface area contributed by atoms with Gasteiger partial charge in [-0.15, -0.1) is 0 Å². The number of rotatable bonds is 10. The molecule has 3 aromatic carbocycles. The lowest BCUT2D eigenvalue weighted by molar-refractivity contribution is 0.177. The van der Waals surface area contributed by atoms with Gasteiger partial charge in [-0.05, 0) is 54.1 Å². The van der Waals surface area contributed by atoms with Gasteiger partial charge in [0.15, 0.2) is 0 Å². The highest BCUT2D eigenvalue weighted by Gasteiger charge is 2.27. The number of aromatic nitrogens is 1. The Balaban J connectivity index is 1.63. The van der Waals surface area contributed by atoms with E-state index in [0.29, 0.717) is 16.5 Å². The van der Waals surface area contributed by atoms with E-state index in [4.69, 9.17) is 8.92 Å². The third-order valence-electron chi connectivity index (χ3n) is 5.32. The van der Waals surface area contributed by atoms with Crippen molar-refractivity contribution >= 4 is 31.0 Å². The zero-order chi connectivity index (χ0) is 25.8. The van der Waals surface area contributed by atoms with Crippen molar-refractivity contribution < 1.29 is 30.1 Å². The average Bonchev–Trinajstić information content (AvgIpc) is 2.86. The second kappa shape index (κ2) is 10.7. The van der Waals surface area contributed by atoms with Gasteiger partial charge < -0.3 is 8.92 Å². The van der Waals surface area contributed by atoms with Crippen LogP contribution in [0.25, 0.3) is 10.9 Å². The first-order valence-electron chi connectivity index (χ1n) is 10.8. The number of methoxy groups -OCH3 is 1. The fraction of sp³-hybridized carbons (Fsp3) is 0.160. The Kier molecular flexibility index (Phi) is 7.65. The lowest BCUT2D eigenvalue weighted by Gasteiger charge is -2.23. The van der Waals surface area contributed by atoms with Crippen LogP contribution in [0.1, 0.15) is 5.56 Å². The predicted molar refractivity (Wildman–Crippen MR) is 132 cm³/mol. The number of halogens is 1. The van der Waals surface area contributed by atoms with Crippen LogP contribution >= 0.6 is 0 Å². The van der Waals surface area contributed by atoms with Crippen LogP contribution in [-0.2, 0) is 31.4 Å². The molecule has 0 unspecified atom stereocenters. The highest BCUT2D eigenvalue weighted by molar-refractivity contribution is 7.89. The van der Waals surface area contributed by atoms with Gasteiger partial charge in [0, 0.05) is 31.8 Å². The summed E-state index contributed by atoms with van der Waals surface area (Å²) >= 11 is 0. The number of sulfonamides is 1. The molecule has 0 aliphatic heterocycles. The van der Waals surface area contributed by atoms with Crippen LogP contribution < -0.4 is 4.18 Å². The maximum atomic E-state index is 13.7. The molecule has 0 saturated heterocycles. The van der Waals surface area contributed by atoms with E-state index in [2.05, 4.69) is 4.98 Å². The number of fused-ring (bicyclic) bond motifs is 1. The number of hydrogen-bond acceptors (Lipinski definition) is 7. The summed E-state index contributed by atoms with van der Waals surface area (Å²) < 4.78 is 77.2. The van der Waals surface area contributed by atoms with Crippen LogP contribution in [0.3, 0.4) is 0 Å². The molecule has 0 N–H and O–H groups in total. The zero-order valence-electron chi connectivity index (χ0n) is 19.2. The van der Waals surface area contributed by atoms with Crippen LogP contribution in [-0.4, -0.2) is 46.4 Å². The Labute approximate surface area is 209 Å². The first kappa shape index (κ1) is 25.7. The lowest BCUT2D eigenvalue weighted by atomic mass is 10.2. The van der Waals surface area contributed by atoms with Gasteiger partial charge in [0.1, 0.15) is 21.4 Å². The Morgan fingerprint density at radius 2 is 1.64 bits per heavy atom. The third-order valence-corrected chi connectivity index (χ3v) is 8.46. The molecule has 0 aliphatic rings. The Morgan fingerprint density at radius 3 is 2.39 bits per heavy atom. The first-order chi connectivity index (χ1) is 17.2. The monoisotopic (exact) mass is 530 g/mol. The molecule has 0 aliphatic carbocycles. The van der Waals surface area contributed by atoms with Gasteiger partial charge in [-0.1, -0.05) is 30.3 Å². The molecule has 1 aromatic heterocycles. The molecule has 188 valence electrons. The Morgan fingerprint density at radius 1 is 0.917 bits per heavy atom. The minimum Gasteiger partial charge on any atom is -0.383 e. The summed E-state index contributed by atoms with van der Waals surface area (Å²) in [6, 6.07) is 18.8. The number of benzene rings is 3. The van der Waals surface area contributed by atoms with E-state index in [9.17, 15) is 21.2 Å². The molecule has 0 bridgehead atoms. The van der Waals surface area contributed by atoms with Gasteiger partial charge >= 0.3 is 10.1 Å². The number of nitrogens with zero attached hydrogens (tertiary/aromatic N) is 2. The second-order valence-corrected chi connectivity index (χ2v) is 11.3. The van der Waals surface area contributed by atoms with E-state index >= 15 is 0 Å². The van der Waals surface area contributed by atoms with E-state index in [1.54, 1.807) is 36.4 Å². The minimum absolute atomic E-state index is 0.00672. The van der Waals surface area contributed by atoms with Crippen molar-refractivity contribution in [2.75, 3.05) is 20.3 Å². The van der Waals surface area contributed by atoms with Gasteiger partial charge in [0.25, 0.3) is 0 Å². The van der Waals surface area contributed by atoms with Crippen LogP contribution in [0.2, 0.25) is 0 Å². The largest absolute Gasteiger partial charge is 0.383 e. The van der Waals surface area contributed by atoms with Gasteiger partial charge in [0.2, 0.25) is 10.0 Å². The molecule has 0 radical (unpaired) electrons. The lowest BCUT2D eigenvalue weighted by Crippen LogP contribution is -2.33. The smallest absolute Gasteiger partial charge is 0.339 e. The summed E-state index contributed by atoms with van der Waals surface area (Å²) in [5.41, 5.74) is 0.847. The van der Waals surface area contributed by atoms with Crippen LogP contribution in [0.5, 0.6) is 5.75 Å². The molecule has 0 spiro atoms. The summed E-state index contributed by atoms with van der Waals surface area (Å²) in [6.07, 6.45) is 1.53. The van der Waals surface area contributed by atoms with Crippen molar-refractivity contribution in [3.63, 3.8) is 0 Å². The number of pyridine rings is 1. The fourth-order valence-electron chi connectivity index (χ4n) is 3.58. The minimum atomic E-state index is -4.21. The quantitative estimate of drug-likeness (QED) is 0.286. The molecule has 0 saturated carbocycles. The average molecular weight is 531 g/mol. The summed E-state index contributed by atoms with van der Waals surface area (Å²) in [4.78, 5) is 4.11. The molecule has 0 atom stereocenters. The normalized spacial score (nSPS) is 12.2. The standard InChI is InChI=1S/C25H23FN2O6S2/c1-33-16-15-28(35(29,30)24-9-3-6-20-7-4-14-27-25(20)24)18-19-5-2-8-22(17-19)34-36(31,32)23-12-10-21(26)11-13-23/h2-14,17H,15-16,18H2,1H3. The topological polar surface area (TPSA) is 103 Å².